The number of aliphatic imine (C=N–C) groups is 1. The van der Waals surface area contributed by atoms with E-state index >= 15 is 4.39 Å². The summed E-state index contributed by atoms with van der Waals surface area (Å²) in [5.41, 5.74) is 7.34. The van der Waals surface area contributed by atoms with Gasteiger partial charge in [-0.05, 0) is 48.5 Å². The summed E-state index contributed by atoms with van der Waals surface area (Å²) in [5.74, 6) is -1.42. The fourth-order valence-corrected chi connectivity index (χ4v) is 4.54. The number of aliphatic hydroxyl groups excluding tert-OH is 1. The van der Waals surface area contributed by atoms with Crippen LogP contribution in [0.2, 0.25) is 0 Å². The Balaban J connectivity index is 1.57. The van der Waals surface area contributed by atoms with E-state index in [-0.39, 0.29) is 53.9 Å². The fraction of sp³-hybridized carbons (Fsp3) is 0.182. The van der Waals surface area contributed by atoms with Crippen molar-refractivity contribution in [3.63, 3.8) is 0 Å². The molecule has 0 aliphatic heterocycles. The van der Waals surface area contributed by atoms with E-state index in [1.54, 1.807) is 60.7 Å². The van der Waals surface area contributed by atoms with Crippen molar-refractivity contribution in [1.82, 2.24) is 24.7 Å². The molecular formula is C33H31FN8O8. The lowest BCUT2D eigenvalue weighted by Gasteiger charge is -2.21. The summed E-state index contributed by atoms with van der Waals surface area (Å²) in [5, 5.41) is 26.1. The first-order chi connectivity index (χ1) is 24.2. The Hall–Kier alpha value is -6.62. The van der Waals surface area contributed by atoms with Gasteiger partial charge in [-0.15, -0.1) is 9.78 Å². The van der Waals surface area contributed by atoms with Crippen LogP contribution in [0.3, 0.4) is 0 Å². The Morgan fingerprint density at radius 2 is 1.76 bits per heavy atom. The van der Waals surface area contributed by atoms with E-state index in [1.807, 2.05) is 0 Å². The van der Waals surface area contributed by atoms with Crippen molar-refractivity contribution in [2.24, 2.45) is 10.7 Å². The fourth-order valence-electron chi connectivity index (χ4n) is 4.54. The van der Waals surface area contributed by atoms with Crippen LogP contribution in [0.15, 0.2) is 90.2 Å². The molecule has 0 saturated heterocycles. The third kappa shape index (κ3) is 8.45. The second kappa shape index (κ2) is 16.0. The molecule has 0 aliphatic rings. The number of rotatable bonds is 14. The van der Waals surface area contributed by atoms with Crippen LogP contribution in [0.25, 0.3) is 5.95 Å². The third-order valence-electron chi connectivity index (χ3n) is 6.80. The number of nitrogens with two attached hydrogens (primary N) is 1. The number of aromatic nitrogens is 5. The molecule has 2 aromatic heterocycles. The molecule has 5 rings (SSSR count). The Bertz CT molecular complexity index is 1960. The topological polar surface area (TPSA) is 218 Å². The predicted molar refractivity (Wildman–Crippen MR) is 175 cm³/mol. The number of nitrogens with zero attached hydrogens (tertiary/aromatic N) is 6. The van der Waals surface area contributed by atoms with Gasteiger partial charge in [-0.3, -0.25) is 4.79 Å². The zero-order valence-corrected chi connectivity index (χ0v) is 26.6. The molecule has 0 radical (unpaired) electrons. The van der Waals surface area contributed by atoms with Gasteiger partial charge in [0.1, 0.15) is 24.2 Å². The Kier molecular flexibility index (Phi) is 11.1. The number of amidine groups is 1. The second-order valence-corrected chi connectivity index (χ2v) is 10.2. The maximum Gasteiger partial charge on any atom is 0.508 e. The largest absolute Gasteiger partial charge is 0.508 e. The van der Waals surface area contributed by atoms with Crippen LogP contribution in [0.4, 0.5) is 14.9 Å². The number of aliphatic hydroxyl groups is 1. The van der Waals surface area contributed by atoms with Crippen molar-refractivity contribution >= 4 is 23.6 Å². The molecular weight excluding hydrogens is 655 g/mol. The van der Waals surface area contributed by atoms with E-state index < -0.39 is 30.2 Å². The lowest BCUT2D eigenvalue weighted by Crippen LogP contribution is -2.21. The number of carbonyl (C=O) groups excluding carboxylic acids is 1. The first-order valence-corrected chi connectivity index (χ1v) is 14.9. The van der Waals surface area contributed by atoms with Crippen molar-refractivity contribution in [2.45, 2.75) is 19.3 Å². The van der Waals surface area contributed by atoms with E-state index in [0.717, 1.165) is 4.68 Å². The molecule has 1 amide bonds. The van der Waals surface area contributed by atoms with Crippen LogP contribution >= 0.6 is 0 Å². The maximum absolute atomic E-state index is 16.2. The second-order valence-electron chi connectivity index (χ2n) is 10.2. The minimum Gasteiger partial charge on any atom is -0.497 e. The number of benzene rings is 3. The Labute approximate surface area is 284 Å². The van der Waals surface area contributed by atoms with Gasteiger partial charge in [0.25, 0.3) is 11.9 Å². The number of hydrogen-bond donors (Lipinski definition) is 4. The van der Waals surface area contributed by atoms with Crippen LogP contribution < -0.4 is 25.3 Å². The molecule has 3 aromatic carbocycles. The monoisotopic (exact) mass is 686 g/mol. The van der Waals surface area contributed by atoms with Gasteiger partial charge >= 0.3 is 12.2 Å². The number of nitrogens with one attached hydrogen (secondary N) is 1. The highest BCUT2D eigenvalue weighted by Crippen LogP contribution is 2.36. The van der Waals surface area contributed by atoms with Crippen molar-refractivity contribution in [3.05, 3.63) is 114 Å². The summed E-state index contributed by atoms with van der Waals surface area (Å²) in [7, 11) is 1.39. The lowest BCUT2D eigenvalue weighted by molar-refractivity contribution is -0.0463. The standard InChI is InChI=1S/C33H31FN8O8/c1-19(50-33(45)46)49-32-40-29(41-42(32)31-36-13-6-14-37-31)27(24-17-23(47-2)18-25(26(24)34)48-16-15-43)38-22-11-9-20(10-12-22)28(35)39-30(44)21-7-4-3-5-8-21/h3-14,17-19,27,38,43H,15-16H2,1-2H3,(H,45,46)(H2,35,39,44)/t19?,27-/m1/s1. The molecule has 258 valence electrons. The van der Waals surface area contributed by atoms with Crippen LogP contribution in [-0.2, 0) is 4.74 Å². The normalized spacial score (nSPS) is 12.4. The molecule has 2 atom stereocenters. The molecule has 2 heterocycles. The molecule has 17 heteroatoms. The SMILES string of the molecule is COc1cc(OCCO)c(F)c([C@@H](Nc2ccc(/C(N)=N/C(=O)c3ccccc3)cc2)c2nc(OC(C)OC(=O)O)n(-c3ncccn3)n2)c1. The Morgan fingerprint density at radius 3 is 2.42 bits per heavy atom. The van der Waals surface area contributed by atoms with Crippen molar-refractivity contribution in [3.8, 4) is 23.5 Å². The predicted octanol–water partition coefficient (Wildman–Crippen LogP) is 3.74. The van der Waals surface area contributed by atoms with Gasteiger partial charge in [0.15, 0.2) is 17.4 Å². The molecule has 16 nitrogen and oxygen atoms in total. The van der Waals surface area contributed by atoms with E-state index in [0.29, 0.717) is 16.8 Å². The molecule has 0 saturated carbocycles. The van der Waals surface area contributed by atoms with E-state index in [9.17, 15) is 14.7 Å². The van der Waals surface area contributed by atoms with E-state index in [4.69, 9.17) is 25.1 Å². The van der Waals surface area contributed by atoms with Gasteiger partial charge in [-0.25, -0.2) is 19.2 Å². The molecule has 0 fully saturated rings. The summed E-state index contributed by atoms with van der Waals surface area (Å²) < 4.78 is 38.5. The number of methoxy groups -OCH3 is 1. The number of carbonyl (C=O) groups is 2. The summed E-state index contributed by atoms with van der Waals surface area (Å²) in [6.07, 6.45) is -0.0427. The smallest absolute Gasteiger partial charge is 0.497 e. The van der Waals surface area contributed by atoms with Gasteiger partial charge in [0.05, 0.1) is 13.7 Å². The van der Waals surface area contributed by atoms with Crippen LogP contribution in [0.1, 0.15) is 40.3 Å². The van der Waals surface area contributed by atoms with Gasteiger partial charge in [0.2, 0.25) is 6.29 Å². The lowest BCUT2D eigenvalue weighted by atomic mass is 10.0. The molecule has 0 aliphatic carbocycles. The third-order valence-corrected chi connectivity index (χ3v) is 6.80. The summed E-state index contributed by atoms with van der Waals surface area (Å²) in [6, 6.07) is 17.8. The number of anilines is 1. The molecule has 0 bridgehead atoms. The minimum absolute atomic E-state index is 0.00442. The zero-order chi connectivity index (χ0) is 35.6. The summed E-state index contributed by atoms with van der Waals surface area (Å²) in [6.45, 7) is 0.755. The molecule has 1 unspecified atom stereocenters. The van der Waals surface area contributed by atoms with Crippen molar-refractivity contribution in [2.75, 3.05) is 25.6 Å². The molecule has 5 aromatic rings. The minimum atomic E-state index is -1.59. The number of hydrogen-bond acceptors (Lipinski definition) is 12. The first-order valence-electron chi connectivity index (χ1n) is 14.9. The van der Waals surface area contributed by atoms with Gasteiger partial charge in [-0.2, -0.15) is 9.98 Å². The van der Waals surface area contributed by atoms with E-state index in [1.165, 1.54) is 38.6 Å². The molecule has 50 heavy (non-hydrogen) atoms. The van der Waals surface area contributed by atoms with Crippen LogP contribution in [0, 0.1) is 5.82 Å². The van der Waals surface area contributed by atoms with Crippen molar-refractivity contribution < 1.29 is 43.1 Å². The zero-order valence-electron chi connectivity index (χ0n) is 26.6. The summed E-state index contributed by atoms with van der Waals surface area (Å²) >= 11 is 0. The average Bonchev–Trinajstić information content (AvgIpc) is 3.54. The van der Waals surface area contributed by atoms with E-state index in [2.05, 4.69) is 35.1 Å². The first kappa shape index (κ1) is 34.7. The van der Waals surface area contributed by atoms with Crippen LogP contribution in [-0.4, -0.2) is 79.5 Å². The highest BCUT2D eigenvalue weighted by molar-refractivity contribution is 6.08. The van der Waals surface area contributed by atoms with Crippen LogP contribution in [0.5, 0.6) is 17.5 Å². The highest BCUT2D eigenvalue weighted by Gasteiger charge is 2.29. The average molecular weight is 687 g/mol. The molecule has 0 spiro atoms. The van der Waals surface area contributed by atoms with Gasteiger partial charge < -0.3 is 40.2 Å². The molecule has 5 N–H and O–H groups in total. The number of carboxylic acid groups (broad SMARTS) is 1. The highest BCUT2D eigenvalue weighted by atomic mass is 19.1. The van der Waals surface area contributed by atoms with Gasteiger partial charge in [-0.1, -0.05) is 18.2 Å². The number of ether oxygens (including phenoxy) is 4. The maximum atomic E-state index is 16.2. The van der Waals surface area contributed by atoms with Gasteiger partial charge in [0, 0.05) is 47.8 Å². The Morgan fingerprint density at radius 1 is 1.04 bits per heavy atom. The number of halogens is 1. The summed E-state index contributed by atoms with van der Waals surface area (Å²) in [4.78, 5) is 40.5. The number of amides is 1. The van der Waals surface area contributed by atoms with Crippen molar-refractivity contribution in [1.29, 1.82) is 0 Å². The quantitative estimate of drug-likeness (QED) is 0.0566.